The molecule has 1 atom stereocenters. The number of piperazine rings is 1. The number of halogens is 1. The lowest BCUT2D eigenvalue weighted by Crippen LogP contribution is -2.57. The van der Waals surface area contributed by atoms with E-state index in [9.17, 15) is 13.2 Å². The summed E-state index contributed by atoms with van der Waals surface area (Å²) in [7, 11) is -3.95. The Labute approximate surface area is 161 Å². The number of carbonyl (C=O) groups excluding carboxylic acids is 1. The first kappa shape index (κ1) is 18.0. The average Bonchev–Trinajstić information content (AvgIpc) is 3.06. The van der Waals surface area contributed by atoms with E-state index in [-0.39, 0.29) is 35.3 Å². The van der Waals surface area contributed by atoms with Crippen LogP contribution >= 0.6 is 11.6 Å². The first-order valence-electron chi connectivity index (χ1n) is 8.35. The van der Waals surface area contributed by atoms with Gasteiger partial charge in [-0.15, -0.1) is 0 Å². The van der Waals surface area contributed by atoms with E-state index in [2.05, 4.69) is 10.3 Å². The molecule has 7 nitrogen and oxygen atoms in total. The molecule has 140 valence electrons. The van der Waals surface area contributed by atoms with Crippen LogP contribution in [-0.2, 0) is 21.2 Å². The molecule has 0 bridgehead atoms. The summed E-state index contributed by atoms with van der Waals surface area (Å²) >= 11 is 6.09. The van der Waals surface area contributed by atoms with E-state index in [1.54, 1.807) is 24.3 Å². The molecule has 9 heteroatoms. The number of oxazole rings is 1. The van der Waals surface area contributed by atoms with Crippen molar-refractivity contribution in [2.24, 2.45) is 0 Å². The Morgan fingerprint density at radius 2 is 1.93 bits per heavy atom. The van der Waals surface area contributed by atoms with Crippen molar-refractivity contribution in [3.8, 4) is 0 Å². The standard InChI is InChI=1S/C18H16ClN3O4S/c19-12-5-1-4-8-16(12)27(24,25)22-10-9-20-18(23)14(22)11-17-21-13-6-2-3-7-15(13)26-17/h1-8,14H,9-11H2,(H,20,23). The van der Waals surface area contributed by atoms with Crippen molar-refractivity contribution in [3.05, 3.63) is 59.4 Å². The Kier molecular flexibility index (Phi) is 4.63. The number of amides is 1. The van der Waals surface area contributed by atoms with Crippen molar-refractivity contribution in [1.82, 2.24) is 14.6 Å². The SMILES string of the molecule is O=C1NCCN(S(=O)(=O)c2ccccc2Cl)C1Cc1nc2ccccc2o1. The zero-order valence-corrected chi connectivity index (χ0v) is 15.7. The third-order valence-corrected chi connectivity index (χ3v) is 6.82. The summed E-state index contributed by atoms with van der Waals surface area (Å²) in [6.07, 6.45) is 0.0319. The van der Waals surface area contributed by atoms with E-state index in [0.29, 0.717) is 17.0 Å². The van der Waals surface area contributed by atoms with Crippen molar-refractivity contribution >= 4 is 38.6 Å². The lowest BCUT2D eigenvalue weighted by molar-refractivity contribution is -0.126. The molecule has 0 radical (unpaired) electrons. The number of carbonyl (C=O) groups is 1. The minimum atomic E-state index is -3.95. The molecule has 2 heterocycles. The summed E-state index contributed by atoms with van der Waals surface area (Å²) in [6.45, 7) is 0.372. The highest BCUT2D eigenvalue weighted by Crippen LogP contribution is 2.28. The van der Waals surface area contributed by atoms with Gasteiger partial charge in [-0.3, -0.25) is 4.79 Å². The molecule has 1 amide bonds. The Morgan fingerprint density at radius 1 is 1.19 bits per heavy atom. The van der Waals surface area contributed by atoms with Gasteiger partial charge in [0.25, 0.3) is 0 Å². The van der Waals surface area contributed by atoms with Crippen molar-refractivity contribution in [3.63, 3.8) is 0 Å². The van der Waals surface area contributed by atoms with Gasteiger partial charge in [0.2, 0.25) is 15.9 Å². The Hall–Kier alpha value is -2.42. The smallest absolute Gasteiger partial charge is 0.245 e. The minimum Gasteiger partial charge on any atom is -0.441 e. The van der Waals surface area contributed by atoms with E-state index in [0.717, 1.165) is 0 Å². The molecule has 27 heavy (non-hydrogen) atoms. The number of benzene rings is 2. The van der Waals surface area contributed by atoms with Crippen molar-refractivity contribution in [2.45, 2.75) is 17.4 Å². The third kappa shape index (κ3) is 3.31. The molecular formula is C18H16ClN3O4S. The molecule has 1 fully saturated rings. The van der Waals surface area contributed by atoms with Gasteiger partial charge in [-0.1, -0.05) is 35.9 Å². The largest absolute Gasteiger partial charge is 0.441 e. The summed E-state index contributed by atoms with van der Waals surface area (Å²) in [5, 5.41) is 2.82. The highest BCUT2D eigenvalue weighted by Gasteiger charge is 2.40. The number of nitrogens with one attached hydrogen (secondary N) is 1. The Bertz CT molecular complexity index is 1080. The number of para-hydroxylation sites is 2. The fourth-order valence-electron chi connectivity index (χ4n) is 3.13. The van der Waals surface area contributed by atoms with Crippen LogP contribution in [0.4, 0.5) is 0 Å². The number of aromatic nitrogens is 1. The Morgan fingerprint density at radius 3 is 2.70 bits per heavy atom. The topological polar surface area (TPSA) is 92.5 Å². The second kappa shape index (κ2) is 6.95. The molecule has 0 saturated carbocycles. The van der Waals surface area contributed by atoms with Gasteiger partial charge < -0.3 is 9.73 Å². The molecule has 1 aliphatic rings. The van der Waals surface area contributed by atoms with Gasteiger partial charge in [0, 0.05) is 19.5 Å². The maximum Gasteiger partial charge on any atom is 0.245 e. The van der Waals surface area contributed by atoms with Crippen LogP contribution in [0.3, 0.4) is 0 Å². The first-order valence-corrected chi connectivity index (χ1v) is 10.2. The molecule has 0 spiro atoms. The monoisotopic (exact) mass is 405 g/mol. The molecule has 4 rings (SSSR count). The molecule has 1 saturated heterocycles. The number of fused-ring (bicyclic) bond motifs is 1. The molecule has 1 N–H and O–H groups in total. The molecule has 0 aliphatic carbocycles. The fourth-order valence-corrected chi connectivity index (χ4v) is 5.21. The number of nitrogens with zero attached hydrogens (tertiary/aromatic N) is 2. The van der Waals surface area contributed by atoms with Gasteiger partial charge >= 0.3 is 0 Å². The van der Waals surface area contributed by atoms with E-state index in [1.807, 2.05) is 12.1 Å². The van der Waals surface area contributed by atoms with Crippen LogP contribution in [0.15, 0.2) is 57.8 Å². The van der Waals surface area contributed by atoms with Crippen molar-refractivity contribution in [1.29, 1.82) is 0 Å². The summed E-state index contributed by atoms with van der Waals surface area (Å²) in [5.41, 5.74) is 1.24. The minimum absolute atomic E-state index is 0.0241. The van der Waals surface area contributed by atoms with Crippen LogP contribution in [0.5, 0.6) is 0 Å². The van der Waals surface area contributed by atoms with Crippen LogP contribution in [0.25, 0.3) is 11.1 Å². The molecule has 1 unspecified atom stereocenters. The van der Waals surface area contributed by atoms with Gasteiger partial charge in [0.15, 0.2) is 11.5 Å². The normalized spacial score (nSPS) is 18.6. The second-order valence-corrected chi connectivity index (χ2v) is 8.40. The predicted octanol–water partition coefficient (Wildman–Crippen LogP) is 2.21. The highest BCUT2D eigenvalue weighted by molar-refractivity contribution is 7.89. The zero-order valence-electron chi connectivity index (χ0n) is 14.1. The highest BCUT2D eigenvalue weighted by atomic mass is 35.5. The van der Waals surface area contributed by atoms with Crippen LogP contribution in [0.2, 0.25) is 5.02 Å². The van der Waals surface area contributed by atoms with E-state index < -0.39 is 16.1 Å². The molecule has 1 aromatic heterocycles. The van der Waals surface area contributed by atoms with Gasteiger partial charge in [-0.2, -0.15) is 4.31 Å². The molecule has 3 aromatic rings. The van der Waals surface area contributed by atoms with E-state index in [4.69, 9.17) is 16.0 Å². The van der Waals surface area contributed by atoms with Gasteiger partial charge in [0.1, 0.15) is 16.5 Å². The predicted molar refractivity (Wildman–Crippen MR) is 99.9 cm³/mol. The van der Waals surface area contributed by atoms with Gasteiger partial charge in [0.05, 0.1) is 5.02 Å². The number of hydrogen-bond acceptors (Lipinski definition) is 5. The number of sulfonamides is 1. The summed E-state index contributed by atoms with van der Waals surface area (Å²) in [5.74, 6) is -0.0863. The van der Waals surface area contributed by atoms with Crippen LogP contribution in [-0.4, -0.2) is 42.7 Å². The van der Waals surface area contributed by atoms with Crippen LogP contribution in [0, 0.1) is 0 Å². The summed E-state index contributed by atoms with van der Waals surface area (Å²) < 4.78 is 33.1. The maximum absolute atomic E-state index is 13.1. The quantitative estimate of drug-likeness (QED) is 0.718. The number of hydrogen-bond donors (Lipinski definition) is 1. The number of rotatable bonds is 4. The van der Waals surface area contributed by atoms with Gasteiger partial charge in [-0.25, -0.2) is 13.4 Å². The molecular weight excluding hydrogens is 390 g/mol. The third-order valence-electron chi connectivity index (χ3n) is 4.41. The fraction of sp³-hybridized carbons (Fsp3) is 0.222. The van der Waals surface area contributed by atoms with Gasteiger partial charge in [-0.05, 0) is 24.3 Å². The lowest BCUT2D eigenvalue weighted by atomic mass is 10.1. The van der Waals surface area contributed by atoms with Crippen molar-refractivity contribution in [2.75, 3.05) is 13.1 Å². The van der Waals surface area contributed by atoms with Crippen LogP contribution in [0.1, 0.15) is 5.89 Å². The summed E-state index contributed by atoms with van der Waals surface area (Å²) in [4.78, 5) is 16.8. The molecule has 1 aliphatic heterocycles. The molecule has 2 aromatic carbocycles. The Balaban J connectivity index is 1.70. The first-order chi connectivity index (χ1) is 13.0. The zero-order chi connectivity index (χ0) is 19.0. The van der Waals surface area contributed by atoms with Crippen molar-refractivity contribution < 1.29 is 17.6 Å². The second-order valence-electron chi connectivity index (χ2n) is 6.13. The lowest BCUT2D eigenvalue weighted by Gasteiger charge is -2.33. The van der Waals surface area contributed by atoms with E-state index >= 15 is 0 Å². The average molecular weight is 406 g/mol. The van der Waals surface area contributed by atoms with Crippen LogP contribution < -0.4 is 5.32 Å². The summed E-state index contributed by atoms with van der Waals surface area (Å²) in [6, 6.07) is 12.4. The maximum atomic E-state index is 13.1. The van der Waals surface area contributed by atoms with E-state index in [1.165, 1.54) is 16.4 Å².